The lowest BCUT2D eigenvalue weighted by Gasteiger charge is -2.30. The molecule has 1 aliphatic rings. The van der Waals surface area contributed by atoms with Crippen molar-refractivity contribution in [3.05, 3.63) is 46.1 Å². The lowest BCUT2D eigenvalue weighted by atomic mass is 9.91. The predicted molar refractivity (Wildman–Crippen MR) is 85.1 cm³/mol. The van der Waals surface area contributed by atoms with Crippen LogP contribution in [0.5, 0.6) is 0 Å². The highest BCUT2D eigenvalue weighted by molar-refractivity contribution is 5.92. The van der Waals surface area contributed by atoms with E-state index in [1.54, 1.807) is 29.9 Å². The van der Waals surface area contributed by atoms with Crippen LogP contribution in [0.4, 0.5) is 5.69 Å². The van der Waals surface area contributed by atoms with E-state index in [1.807, 2.05) is 13.1 Å². The SMILES string of the molecule is Cc1ccc(NC(=O)[C@@H]2CCCO[C@H]2c2ccnn2C)c(=O)[nH]1. The summed E-state index contributed by atoms with van der Waals surface area (Å²) in [6, 6.07) is 5.23. The lowest BCUT2D eigenvalue weighted by Crippen LogP contribution is -2.35. The summed E-state index contributed by atoms with van der Waals surface area (Å²) in [5.41, 5.74) is 1.58. The summed E-state index contributed by atoms with van der Waals surface area (Å²) in [5.74, 6) is -0.551. The standard InChI is InChI=1S/C16H20N4O3/c1-10-5-6-12(16(22)18-10)19-15(21)11-4-3-9-23-14(11)13-7-8-17-20(13)2/h5-8,11,14H,3-4,9H2,1-2H3,(H,18,22)(H,19,21)/t11-,14-/m1/s1. The van der Waals surface area contributed by atoms with Crippen molar-refractivity contribution >= 4 is 11.6 Å². The molecule has 0 radical (unpaired) electrons. The fourth-order valence-corrected chi connectivity index (χ4v) is 2.90. The molecule has 122 valence electrons. The number of H-pyrrole nitrogens is 1. The minimum atomic E-state index is -0.347. The van der Waals surface area contributed by atoms with Gasteiger partial charge in [0.15, 0.2) is 0 Å². The van der Waals surface area contributed by atoms with Gasteiger partial charge in [0, 0.05) is 25.5 Å². The van der Waals surface area contributed by atoms with Crippen molar-refractivity contribution in [2.45, 2.75) is 25.9 Å². The Labute approximate surface area is 133 Å². The first-order valence-electron chi connectivity index (χ1n) is 7.66. The molecule has 7 heteroatoms. The minimum Gasteiger partial charge on any atom is -0.371 e. The van der Waals surface area contributed by atoms with E-state index in [0.717, 1.165) is 17.8 Å². The number of nitrogens with zero attached hydrogens (tertiary/aromatic N) is 2. The maximum Gasteiger partial charge on any atom is 0.271 e. The first-order chi connectivity index (χ1) is 11.1. The monoisotopic (exact) mass is 316 g/mol. The minimum absolute atomic E-state index is 0.203. The van der Waals surface area contributed by atoms with E-state index in [4.69, 9.17) is 4.74 Å². The summed E-state index contributed by atoms with van der Waals surface area (Å²) < 4.78 is 7.53. The van der Waals surface area contributed by atoms with E-state index >= 15 is 0 Å². The largest absolute Gasteiger partial charge is 0.371 e. The van der Waals surface area contributed by atoms with Gasteiger partial charge >= 0.3 is 0 Å². The van der Waals surface area contributed by atoms with Crippen molar-refractivity contribution in [1.29, 1.82) is 0 Å². The average Bonchev–Trinajstić information content (AvgIpc) is 2.96. The van der Waals surface area contributed by atoms with Crippen molar-refractivity contribution < 1.29 is 9.53 Å². The molecule has 0 bridgehead atoms. The number of aromatic amines is 1. The molecule has 2 aromatic rings. The molecule has 1 aliphatic heterocycles. The van der Waals surface area contributed by atoms with Crippen LogP contribution >= 0.6 is 0 Å². The van der Waals surface area contributed by atoms with Gasteiger partial charge < -0.3 is 15.0 Å². The van der Waals surface area contributed by atoms with Crippen LogP contribution in [0.15, 0.2) is 29.2 Å². The van der Waals surface area contributed by atoms with Gasteiger partial charge in [-0.1, -0.05) is 0 Å². The van der Waals surface area contributed by atoms with E-state index in [2.05, 4.69) is 15.4 Å². The molecular formula is C16H20N4O3. The molecule has 2 aromatic heterocycles. The molecule has 3 heterocycles. The molecule has 1 saturated heterocycles. The second kappa shape index (κ2) is 6.37. The number of aryl methyl sites for hydroxylation is 2. The number of pyridine rings is 1. The fraction of sp³-hybridized carbons (Fsp3) is 0.438. The molecule has 7 nitrogen and oxygen atoms in total. The van der Waals surface area contributed by atoms with Gasteiger partial charge in [-0.15, -0.1) is 0 Å². The molecule has 0 unspecified atom stereocenters. The van der Waals surface area contributed by atoms with Gasteiger partial charge in [-0.05, 0) is 38.0 Å². The van der Waals surface area contributed by atoms with Crippen molar-refractivity contribution in [1.82, 2.24) is 14.8 Å². The zero-order valence-electron chi connectivity index (χ0n) is 13.2. The van der Waals surface area contributed by atoms with Crippen LogP contribution in [0.2, 0.25) is 0 Å². The van der Waals surface area contributed by atoms with E-state index < -0.39 is 0 Å². The highest BCUT2D eigenvalue weighted by Crippen LogP contribution is 2.33. The Balaban J connectivity index is 1.81. The van der Waals surface area contributed by atoms with Gasteiger partial charge in [-0.25, -0.2) is 0 Å². The number of carbonyl (C=O) groups is 1. The van der Waals surface area contributed by atoms with Gasteiger partial charge in [0.1, 0.15) is 11.8 Å². The normalized spacial score (nSPS) is 21.1. The quantitative estimate of drug-likeness (QED) is 0.898. The average molecular weight is 316 g/mol. The summed E-state index contributed by atoms with van der Waals surface area (Å²) in [5, 5.41) is 6.87. The molecule has 0 saturated carbocycles. The molecule has 1 fully saturated rings. The molecule has 1 amide bonds. The Morgan fingerprint density at radius 2 is 2.26 bits per heavy atom. The smallest absolute Gasteiger partial charge is 0.271 e. The third kappa shape index (κ3) is 3.19. The third-order valence-corrected chi connectivity index (χ3v) is 4.12. The van der Waals surface area contributed by atoms with Crippen molar-refractivity contribution in [3.8, 4) is 0 Å². The molecule has 2 atom stereocenters. The number of carbonyl (C=O) groups excluding carboxylic acids is 1. The maximum absolute atomic E-state index is 12.6. The lowest BCUT2D eigenvalue weighted by molar-refractivity contribution is -0.129. The number of hydrogen-bond acceptors (Lipinski definition) is 4. The number of aromatic nitrogens is 3. The Morgan fingerprint density at radius 1 is 1.43 bits per heavy atom. The summed E-state index contributed by atoms with van der Waals surface area (Å²) >= 11 is 0. The second-order valence-corrected chi connectivity index (χ2v) is 5.79. The molecular weight excluding hydrogens is 296 g/mol. The van der Waals surface area contributed by atoms with Crippen molar-refractivity contribution in [3.63, 3.8) is 0 Å². The highest BCUT2D eigenvalue weighted by atomic mass is 16.5. The first-order valence-corrected chi connectivity index (χ1v) is 7.66. The van der Waals surface area contributed by atoms with Crippen LogP contribution in [0.1, 0.15) is 30.3 Å². The van der Waals surface area contributed by atoms with Crippen molar-refractivity contribution in [2.24, 2.45) is 13.0 Å². The number of nitrogens with one attached hydrogen (secondary N) is 2. The van der Waals surface area contributed by atoms with Gasteiger partial charge in [-0.3, -0.25) is 14.3 Å². The maximum atomic E-state index is 12.6. The van der Waals surface area contributed by atoms with Crippen LogP contribution in [0, 0.1) is 12.8 Å². The number of rotatable bonds is 3. The molecule has 23 heavy (non-hydrogen) atoms. The van der Waals surface area contributed by atoms with Gasteiger partial charge in [0.05, 0.1) is 11.6 Å². The van der Waals surface area contributed by atoms with E-state index in [0.29, 0.717) is 13.0 Å². The van der Waals surface area contributed by atoms with E-state index in [1.165, 1.54) is 0 Å². The second-order valence-electron chi connectivity index (χ2n) is 5.79. The predicted octanol–water partition coefficient (Wildman–Crippen LogP) is 1.52. The zero-order chi connectivity index (χ0) is 16.4. The van der Waals surface area contributed by atoms with E-state index in [-0.39, 0.29) is 29.2 Å². The van der Waals surface area contributed by atoms with Crippen LogP contribution in [-0.2, 0) is 16.6 Å². The van der Waals surface area contributed by atoms with Gasteiger partial charge in [-0.2, -0.15) is 5.10 Å². The number of anilines is 1. The summed E-state index contributed by atoms with van der Waals surface area (Å²) in [6.45, 7) is 2.41. The number of ether oxygens (including phenoxy) is 1. The van der Waals surface area contributed by atoms with Gasteiger partial charge in [0.25, 0.3) is 5.56 Å². The Morgan fingerprint density at radius 3 is 2.96 bits per heavy atom. The van der Waals surface area contributed by atoms with Crippen LogP contribution in [-0.4, -0.2) is 27.3 Å². The molecule has 2 N–H and O–H groups in total. The third-order valence-electron chi connectivity index (χ3n) is 4.12. The Hall–Kier alpha value is -2.41. The molecule has 0 spiro atoms. The van der Waals surface area contributed by atoms with E-state index in [9.17, 15) is 9.59 Å². The zero-order valence-corrected chi connectivity index (χ0v) is 13.2. The van der Waals surface area contributed by atoms with Gasteiger partial charge in [0.2, 0.25) is 5.91 Å². The summed E-state index contributed by atoms with van der Waals surface area (Å²) in [6.07, 6.45) is 2.87. The van der Waals surface area contributed by atoms with Crippen LogP contribution in [0.3, 0.4) is 0 Å². The topological polar surface area (TPSA) is 89.0 Å². The van der Waals surface area contributed by atoms with Crippen molar-refractivity contribution in [2.75, 3.05) is 11.9 Å². The first kappa shape index (κ1) is 15.5. The van der Waals surface area contributed by atoms with Crippen LogP contribution < -0.4 is 10.9 Å². The molecule has 0 aromatic carbocycles. The van der Waals surface area contributed by atoms with Crippen LogP contribution in [0.25, 0.3) is 0 Å². The highest BCUT2D eigenvalue weighted by Gasteiger charge is 2.35. The Kier molecular flexibility index (Phi) is 4.29. The fourth-order valence-electron chi connectivity index (χ4n) is 2.90. The molecule has 0 aliphatic carbocycles. The number of amides is 1. The summed E-state index contributed by atoms with van der Waals surface area (Å²) in [7, 11) is 1.83. The number of hydrogen-bond donors (Lipinski definition) is 2. The molecule has 3 rings (SSSR count). The Bertz CT molecular complexity index is 765. The summed E-state index contributed by atoms with van der Waals surface area (Å²) in [4.78, 5) is 27.2.